The average Bonchev–Trinajstić information content (AvgIpc) is 3.16. The van der Waals surface area contributed by atoms with Gasteiger partial charge in [-0.3, -0.25) is 4.79 Å². The minimum absolute atomic E-state index is 0.0863. The van der Waals surface area contributed by atoms with Gasteiger partial charge in [0, 0.05) is 22.3 Å². The van der Waals surface area contributed by atoms with Crippen LogP contribution in [-0.4, -0.2) is 5.78 Å². The number of nitrogens with two attached hydrogens (primary N) is 3. The van der Waals surface area contributed by atoms with Crippen molar-refractivity contribution in [3.05, 3.63) is 198 Å². The molecule has 0 bridgehead atoms. The molecule has 0 atom stereocenters. The van der Waals surface area contributed by atoms with E-state index in [0.29, 0.717) is 28.1 Å². The van der Waals surface area contributed by atoms with Gasteiger partial charge in [0.1, 0.15) is 5.41 Å². The molecule has 0 fully saturated rings. The summed E-state index contributed by atoms with van der Waals surface area (Å²) < 4.78 is 0. The molecule has 0 saturated carbocycles. The number of nitrogen functional groups attached to an aromatic ring is 3. The number of ketones is 1. The quantitative estimate of drug-likeness (QED) is 0.0894. The summed E-state index contributed by atoms with van der Waals surface area (Å²) >= 11 is 0. The summed E-state index contributed by atoms with van der Waals surface area (Å²) in [7, 11) is 0. The molecule has 4 heteroatoms. The molecule has 0 radical (unpaired) electrons. The molecule has 0 aliphatic carbocycles. The zero-order chi connectivity index (χ0) is 33.1. The maximum absolute atomic E-state index is 15.8. The summed E-state index contributed by atoms with van der Waals surface area (Å²) in [6.45, 7) is 0. The summed E-state index contributed by atoms with van der Waals surface area (Å²) in [4.78, 5) is 15.8. The molecule has 232 valence electrons. The molecule has 48 heavy (non-hydrogen) atoms. The Labute approximate surface area is 281 Å². The lowest BCUT2D eigenvalue weighted by atomic mass is 9.64. The highest BCUT2D eigenvalue weighted by Crippen LogP contribution is 2.52. The van der Waals surface area contributed by atoms with Crippen LogP contribution < -0.4 is 17.2 Å². The third-order valence-corrected chi connectivity index (χ3v) is 9.15. The number of carbonyl (C=O) groups excluding carboxylic acids is 1. The van der Waals surface area contributed by atoms with Crippen molar-refractivity contribution >= 4 is 22.8 Å². The highest BCUT2D eigenvalue weighted by atomic mass is 16.1. The summed E-state index contributed by atoms with van der Waals surface area (Å²) in [6, 6.07) is 57.6. The Morgan fingerprint density at radius 3 is 1.19 bits per heavy atom. The van der Waals surface area contributed by atoms with E-state index in [1.165, 1.54) is 0 Å². The Bertz CT molecular complexity index is 2100. The molecule has 6 N–H and O–H groups in total. The van der Waals surface area contributed by atoms with Crippen LogP contribution in [-0.2, 0) is 5.41 Å². The van der Waals surface area contributed by atoms with Crippen LogP contribution in [0.4, 0.5) is 17.1 Å². The molecule has 7 aromatic carbocycles. The molecule has 0 amide bonds. The molecule has 0 aliphatic heterocycles. The van der Waals surface area contributed by atoms with Crippen LogP contribution in [0.2, 0.25) is 0 Å². The molecule has 0 heterocycles. The van der Waals surface area contributed by atoms with Gasteiger partial charge in [0.25, 0.3) is 0 Å². The molecular formula is C44H35N3O. The van der Waals surface area contributed by atoms with Gasteiger partial charge in [-0.1, -0.05) is 176 Å². The molecule has 0 saturated heterocycles. The van der Waals surface area contributed by atoms with Gasteiger partial charge in [0.2, 0.25) is 0 Å². The van der Waals surface area contributed by atoms with Crippen molar-refractivity contribution < 1.29 is 4.79 Å². The van der Waals surface area contributed by atoms with Gasteiger partial charge >= 0.3 is 0 Å². The summed E-state index contributed by atoms with van der Waals surface area (Å²) in [6.07, 6.45) is 0. The van der Waals surface area contributed by atoms with Gasteiger partial charge in [-0.25, -0.2) is 0 Å². The summed E-state index contributed by atoms with van der Waals surface area (Å²) in [5, 5.41) is 0. The second kappa shape index (κ2) is 12.8. The molecule has 7 aromatic rings. The van der Waals surface area contributed by atoms with Gasteiger partial charge in [-0.15, -0.1) is 0 Å². The third kappa shape index (κ3) is 5.01. The van der Waals surface area contributed by atoms with E-state index in [1.807, 2.05) is 176 Å². The first-order valence-corrected chi connectivity index (χ1v) is 16.0. The normalized spacial score (nSPS) is 11.2. The van der Waals surface area contributed by atoms with Gasteiger partial charge in [0.05, 0.1) is 17.1 Å². The number of anilines is 3. The smallest absolute Gasteiger partial charge is 0.182 e. The number of Topliss-reactive ketones (excluding diaryl/α,β-unsaturated/α-hetero) is 1. The number of carbonyl (C=O) groups is 1. The Kier molecular flexibility index (Phi) is 8.06. The number of hydrogen-bond donors (Lipinski definition) is 3. The van der Waals surface area contributed by atoms with Crippen molar-refractivity contribution in [2.45, 2.75) is 5.41 Å². The van der Waals surface area contributed by atoms with E-state index in [0.717, 1.165) is 38.9 Å². The highest BCUT2D eigenvalue weighted by molar-refractivity contribution is 6.17. The average molecular weight is 622 g/mol. The van der Waals surface area contributed by atoms with Gasteiger partial charge in [0.15, 0.2) is 5.78 Å². The Balaban J connectivity index is 1.60. The van der Waals surface area contributed by atoms with Crippen molar-refractivity contribution in [3.8, 4) is 33.4 Å². The standard InChI is InChI=1S/C44H35N3O/c45-40-38(31-20-8-2-9-21-31)37(30-18-6-1-7-19-30)39(41(46)42(40)47)35-28-16-17-29-36(35)43(48)44(32-22-10-3-11-23-32,33-24-12-4-13-25-33)34-26-14-5-15-27-34/h1-29H,45-47H2. The van der Waals surface area contributed by atoms with E-state index in [4.69, 9.17) is 17.2 Å². The van der Waals surface area contributed by atoms with E-state index in [2.05, 4.69) is 0 Å². The Hall–Kier alpha value is -6.39. The second-order valence-electron chi connectivity index (χ2n) is 11.8. The second-order valence-corrected chi connectivity index (χ2v) is 11.8. The number of rotatable bonds is 8. The van der Waals surface area contributed by atoms with Crippen molar-refractivity contribution in [3.63, 3.8) is 0 Å². The van der Waals surface area contributed by atoms with Gasteiger partial charge < -0.3 is 17.2 Å². The maximum atomic E-state index is 15.8. The van der Waals surface area contributed by atoms with Crippen LogP contribution in [0.5, 0.6) is 0 Å². The van der Waals surface area contributed by atoms with Crippen molar-refractivity contribution in [2.75, 3.05) is 17.2 Å². The van der Waals surface area contributed by atoms with Crippen LogP contribution >= 0.6 is 0 Å². The van der Waals surface area contributed by atoms with Crippen molar-refractivity contribution in [1.29, 1.82) is 0 Å². The molecule has 0 unspecified atom stereocenters. The number of hydrogen-bond acceptors (Lipinski definition) is 4. The van der Waals surface area contributed by atoms with Crippen LogP contribution in [0, 0.1) is 0 Å². The lowest BCUT2D eigenvalue weighted by molar-refractivity contribution is 0.0935. The predicted octanol–water partition coefficient (Wildman–Crippen LogP) is 9.65. The Morgan fingerprint density at radius 1 is 0.375 bits per heavy atom. The van der Waals surface area contributed by atoms with Crippen molar-refractivity contribution in [1.82, 2.24) is 0 Å². The monoisotopic (exact) mass is 621 g/mol. The van der Waals surface area contributed by atoms with Crippen LogP contribution in [0.15, 0.2) is 176 Å². The molecule has 0 aromatic heterocycles. The van der Waals surface area contributed by atoms with E-state index >= 15 is 4.79 Å². The molecule has 0 aliphatic rings. The predicted molar refractivity (Wildman–Crippen MR) is 200 cm³/mol. The molecule has 4 nitrogen and oxygen atoms in total. The molecular weight excluding hydrogens is 587 g/mol. The van der Waals surface area contributed by atoms with Crippen LogP contribution in [0.3, 0.4) is 0 Å². The van der Waals surface area contributed by atoms with Gasteiger partial charge in [-0.05, 0) is 33.4 Å². The van der Waals surface area contributed by atoms with E-state index in [-0.39, 0.29) is 11.5 Å². The topological polar surface area (TPSA) is 95.1 Å². The third-order valence-electron chi connectivity index (χ3n) is 9.15. The van der Waals surface area contributed by atoms with Crippen LogP contribution in [0.1, 0.15) is 27.0 Å². The van der Waals surface area contributed by atoms with E-state index < -0.39 is 5.41 Å². The fourth-order valence-electron chi connectivity index (χ4n) is 6.95. The highest BCUT2D eigenvalue weighted by Gasteiger charge is 2.45. The lowest BCUT2D eigenvalue weighted by Crippen LogP contribution is -2.39. The van der Waals surface area contributed by atoms with Crippen molar-refractivity contribution in [2.24, 2.45) is 0 Å². The van der Waals surface area contributed by atoms with Gasteiger partial charge in [-0.2, -0.15) is 0 Å². The number of benzene rings is 7. The van der Waals surface area contributed by atoms with Crippen LogP contribution in [0.25, 0.3) is 33.4 Å². The largest absolute Gasteiger partial charge is 0.396 e. The molecule has 7 rings (SSSR count). The van der Waals surface area contributed by atoms with E-state index in [9.17, 15) is 0 Å². The lowest BCUT2D eigenvalue weighted by Gasteiger charge is -2.35. The fourth-order valence-corrected chi connectivity index (χ4v) is 6.95. The Morgan fingerprint density at radius 2 is 0.729 bits per heavy atom. The molecule has 0 spiro atoms. The first kappa shape index (κ1) is 30.3. The first-order chi connectivity index (χ1) is 23.5. The van der Waals surface area contributed by atoms with E-state index in [1.54, 1.807) is 0 Å². The summed E-state index contributed by atoms with van der Waals surface area (Å²) in [5.74, 6) is -0.0863. The zero-order valence-electron chi connectivity index (χ0n) is 26.4. The maximum Gasteiger partial charge on any atom is 0.182 e. The minimum Gasteiger partial charge on any atom is -0.396 e. The minimum atomic E-state index is -1.18. The fraction of sp³-hybridized carbons (Fsp3) is 0.0227. The summed E-state index contributed by atoms with van der Waals surface area (Å²) in [5.41, 5.74) is 28.2. The SMILES string of the molecule is Nc1c(N)c(-c2ccccc2)c(-c2ccccc2)c(-c2ccccc2C(=O)C(c2ccccc2)(c2ccccc2)c2ccccc2)c1N. The first-order valence-electron chi connectivity index (χ1n) is 16.0. The zero-order valence-corrected chi connectivity index (χ0v) is 26.4.